The molecular weight excluding hydrogens is 436 g/mol. The highest BCUT2D eigenvalue weighted by molar-refractivity contribution is 6.30. The Kier molecular flexibility index (Phi) is 7.40. The van der Waals surface area contributed by atoms with E-state index in [0.717, 1.165) is 65.4 Å². The molecule has 0 saturated carbocycles. The molecule has 0 bridgehead atoms. The number of hydrogen-bond donors (Lipinski definition) is 1. The molecule has 5 nitrogen and oxygen atoms in total. The zero-order valence-corrected chi connectivity index (χ0v) is 19.5. The van der Waals surface area contributed by atoms with E-state index in [2.05, 4.69) is 18.3 Å². The Labute approximate surface area is 198 Å². The predicted octanol–water partition coefficient (Wildman–Crippen LogP) is 5.84. The number of halogens is 1. The maximum absolute atomic E-state index is 13.2. The Balaban J connectivity index is 1.69. The van der Waals surface area contributed by atoms with Crippen LogP contribution in [0.1, 0.15) is 59.8 Å². The summed E-state index contributed by atoms with van der Waals surface area (Å²) in [4.78, 5) is 30.2. The lowest BCUT2D eigenvalue weighted by Crippen LogP contribution is -2.30. The van der Waals surface area contributed by atoms with Crippen LogP contribution in [0.25, 0.3) is 22.6 Å². The van der Waals surface area contributed by atoms with Gasteiger partial charge in [-0.2, -0.15) is 0 Å². The fourth-order valence-electron chi connectivity index (χ4n) is 4.13. The number of amides is 1. The van der Waals surface area contributed by atoms with E-state index in [0.29, 0.717) is 17.1 Å². The van der Waals surface area contributed by atoms with Crippen LogP contribution >= 0.6 is 11.6 Å². The molecule has 170 valence electrons. The summed E-state index contributed by atoms with van der Waals surface area (Å²) < 4.78 is 5.45. The molecule has 0 atom stereocenters. The molecule has 1 N–H and O–H groups in total. The number of carbonyl (C=O) groups excluding carboxylic acids is 2. The Morgan fingerprint density at radius 3 is 2.70 bits per heavy atom. The zero-order valence-electron chi connectivity index (χ0n) is 18.7. The maximum atomic E-state index is 13.2. The Morgan fingerprint density at radius 2 is 1.91 bits per heavy atom. The fourth-order valence-corrected chi connectivity index (χ4v) is 4.25. The van der Waals surface area contributed by atoms with E-state index in [9.17, 15) is 9.59 Å². The number of aromatic nitrogens is 1. The van der Waals surface area contributed by atoms with Gasteiger partial charge in [-0.3, -0.25) is 4.79 Å². The summed E-state index contributed by atoms with van der Waals surface area (Å²) in [6, 6.07) is 15.2. The van der Waals surface area contributed by atoms with Crippen LogP contribution in [0.3, 0.4) is 0 Å². The van der Waals surface area contributed by atoms with Gasteiger partial charge in [0.2, 0.25) is 0 Å². The topological polar surface area (TPSA) is 68.3 Å². The lowest BCUT2D eigenvalue weighted by molar-refractivity contribution is -0.124. The molecule has 1 aliphatic carbocycles. The summed E-state index contributed by atoms with van der Waals surface area (Å²) in [6.45, 7) is 2.35. The van der Waals surface area contributed by atoms with Crippen LogP contribution in [-0.4, -0.2) is 30.0 Å². The van der Waals surface area contributed by atoms with Crippen molar-refractivity contribution in [1.82, 2.24) is 10.3 Å². The van der Waals surface area contributed by atoms with Gasteiger partial charge < -0.3 is 10.1 Å². The van der Waals surface area contributed by atoms with Crippen molar-refractivity contribution in [3.63, 3.8) is 0 Å². The predicted molar refractivity (Wildman–Crippen MR) is 132 cm³/mol. The number of carbonyl (C=O) groups is 2. The van der Waals surface area contributed by atoms with E-state index in [1.54, 1.807) is 0 Å². The van der Waals surface area contributed by atoms with Crippen LogP contribution in [0.2, 0.25) is 5.02 Å². The Bertz CT molecular complexity index is 1200. The molecule has 1 heterocycles. The van der Waals surface area contributed by atoms with Crippen molar-refractivity contribution >= 4 is 46.0 Å². The minimum Gasteiger partial charge on any atom is -0.452 e. The second kappa shape index (κ2) is 10.6. The highest BCUT2D eigenvalue weighted by atomic mass is 35.5. The van der Waals surface area contributed by atoms with Crippen LogP contribution < -0.4 is 5.32 Å². The van der Waals surface area contributed by atoms with Gasteiger partial charge in [0, 0.05) is 17.0 Å². The molecule has 0 saturated heterocycles. The standard InChI is InChI=1S/C27H27ClN2O3/c1-2-3-15-29-24(31)17-33-27(32)25-21-8-4-5-10-23(21)30-26-19(7-6-9-22(25)26)16-18-11-13-20(28)14-12-18/h4-5,8,10-14,16H,2-3,6-7,9,15,17H2,1H3,(H,29,31)/b19-16+. The van der Waals surface area contributed by atoms with E-state index in [1.165, 1.54) is 0 Å². The average molecular weight is 463 g/mol. The molecule has 4 rings (SSSR count). The third-order valence-corrected chi connectivity index (χ3v) is 6.02. The van der Waals surface area contributed by atoms with Crippen molar-refractivity contribution in [2.45, 2.75) is 39.0 Å². The van der Waals surface area contributed by atoms with Gasteiger partial charge in [-0.1, -0.05) is 55.3 Å². The number of hydrogen-bond acceptors (Lipinski definition) is 4. The molecule has 33 heavy (non-hydrogen) atoms. The van der Waals surface area contributed by atoms with E-state index in [-0.39, 0.29) is 12.5 Å². The maximum Gasteiger partial charge on any atom is 0.339 e. The molecule has 0 radical (unpaired) electrons. The van der Waals surface area contributed by atoms with Gasteiger partial charge in [-0.25, -0.2) is 9.78 Å². The summed E-state index contributed by atoms with van der Waals surface area (Å²) >= 11 is 6.03. The number of unbranched alkanes of at least 4 members (excludes halogenated alkanes) is 1. The molecule has 1 amide bonds. The van der Waals surface area contributed by atoms with Crippen molar-refractivity contribution in [3.8, 4) is 0 Å². The van der Waals surface area contributed by atoms with Crippen LogP contribution in [-0.2, 0) is 16.0 Å². The normalized spacial score (nSPS) is 14.2. The van der Waals surface area contributed by atoms with Gasteiger partial charge in [0.15, 0.2) is 6.61 Å². The molecule has 1 aromatic heterocycles. The number of nitrogens with zero attached hydrogens (tertiary/aromatic N) is 1. The minimum atomic E-state index is -0.483. The number of nitrogens with one attached hydrogen (secondary N) is 1. The molecule has 6 heteroatoms. The number of fused-ring (bicyclic) bond motifs is 2. The highest BCUT2D eigenvalue weighted by Gasteiger charge is 2.26. The molecule has 0 spiro atoms. The summed E-state index contributed by atoms with van der Waals surface area (Å²) in [5, 5.41) is 4.22. The van der Waals surface area contributed by atoms with Crippen molar-refractivity contribution in [3.05, 3.63) is 75.9 Å². The van der Waals surface area contributed by atoms with Crippen LogP contribution in [0, 0.1) is 0 Å². The van der Waals surface area contributed by atoms with E-state index >= 15 is 0 Å². The van der Waals surface area contributed by atoms with E-state index in [4.69, 9.17) is 21.3 Å². The number of allylic oxidation sites excluding steroid dienone is 1. The fraction of sp³-hybridized carbons (Fsp3) is 0.296. The van der Waals surface area contributed by atoms with Gasteiger partial charge in [-0.05, 0) is 66.7 Å². The van der Waals surface area contributed by atoms with Crippen molar-refractivity contribution in [2.24, 2.45) is 0 Å². The summed E-state index contributed by atoms with van der Waals surface area (Å²) in [5.41, 5.74) is 5.07. The highest BCUT2D eigenvalue weighted by Crippen LogP contribution is 2.36. The second-order valence-corrected chi connectivity index (χ2v) is 8.62. The third kappa shape index (κ3) is 5.42. The monoisotopic (exact) mass is 462 g/mol. The molecule has 0 fully saturated rings. The number of para-hydroxylation sites is 1. The summed E-state index contributed by atoms with van der Waals surface area (Å²) in [5.74, 6) is -0.768. The first kappa shape index (κ1) is 23.0. The van der Waals surface area contributed by atoms with Gasteiger partial charge in [0.1, 0.15) is 0 Å². The van der Waals surface area contributed by atoms with Crippen molar-refractivity contribution in [1.29, 1.82) is 0 Å². The zero-order chi connectivity index (χ0) is 23.2. The molecule has 3 aromatic rings. The van der Waals surface area contributed by atoms with Gasteiger partial charge in [-0.15, -0.1) is 0 Å². The Morgan fingerprint density at radius 1 is 1.12 bits per heavy atom. The number of rotatable bonds is 7. The first-order chi connectivity index (χ1) is 16.1. The SMILES string of the molecule is CCCCNC(=O)COC(=O)c1c2c(nc3ccccc13)/C(=C/c1ccc(Cl)cc1)CCC2. The lowest BCUT2D eigenvalue weighted by Gasteiger charge is -2.22. The van der Waals surface area contributed by atoms with Gasteiger partial charge >= 0.3 is 5.97 Å². The van der Waals surface area contributed by atoms with Crippen LogP contribution in [0.5, 0.6) is 0 Å². The van der Waals surface area contributed by atoms with Gasteiger partial charge in [0.25, 0.3) is 5.91 Å². The van der Waals surface area contributed by atoms with Crippen molar-refractivity contribution < 1.29 is 14.3 Å². The van der Waals surface area contributed by atoms with Crippen molar-refractivity contribution in [2.75, 3.05) is 13.2 Å². The molecular formula is C27H27ClN2O3. The number of esters is 1. The third-order valence-electron chi connectivity index (χ3n) is 5.77. The number of pyridine rings is 1. The van der Waals surface area contributed by atoms with Crippen LogP contribution in [0.15, 0.2) is 48.5 Å². The second-order valence-electron chi connectivity index (χ2n) is 8.19. The van der Waals surface area contributed by atoms with Crippen LogP contribution in [0.4, 0.5) is 0 Å². The lowest BCUT2D eigenvalue weighted by atomic mass is 9.86. The summed E-state index contributed by atoms with van der Waals surface area (Å²) in [7, 11) is 0. The molecule has 2 aromatic carbocycles. The minimum absolute atomic E-state index is 0.285. The molecule has 1 aliphatic rings. The quantitative estimate of drug-likeness (QED) is 0.354. The van der Waals surface area contributed by atoms with Gasteiger partial charge in [0.05, 0.1) is 16.8 Å². The smallest absolute Gasteiger partial charge is 0.339 e. The number of benzene rings is 2. The van der Waals surface area contributed by atoms with E-state index in [1.807, 2.05) is 48.5 Å². The molecule has 0 unspecified atom stereocenters. The first-order valence-corrected chi connectivity index (χ1v) is 11.8. The Hall–Kier alpha value is -3.18. The summed E-state index contributed by atoms with van der Waals surface area (Å²) in [6.07, 6.45) is 6.50. The first-order valence-electron chi connectivity index (χ1n) is 11.4. The number of ether oxygens (including phenoxy) is 1. The average Bonchev–Trinajstić information content (AvgIpc) is 2.83. The van der Waals surface area contributed by atoms with E-state index < -0.39 is 5.97 Å². The molecule has 0 aliphatic heterocycles. The largest absolute Gasteiger partial charge is 0.452 e.